The molecule has 1 aromatic carbocycles. The van der Waals surface area contributed by atoms with Gasteiger partial charge in [0.2, 0.25) is 0 Å². The number of fused-ring (bicyclic) bond motifs is 1. The Morgan fingerprint density at radius 2 is 2.12 bits per heavy atom. The lowest BCUT2D eigenvalue weighted by molar-refractivity contribution is 0.407. The lowest BCUT2D eigenvalue weighted by atomic mass is 9.93. The van der Waals surface area contributed by atoms with Crippen molar-refractivity contribution in [1.82, 2.24) is 5.32 Å². The molecule has 0 fully saturated rings. The van der Waals surface area contributed by atoms with E-state index in [9.17, 15) is 0 Å². The molecule has 0 heterocycles. The highest BCUT2D eigenvalue weighted by molar-refractivity contribution is 5.47. The van der Waals surface area contributed by atoms with Crippen LogP contribution in [0.4, 0.5) is 0 Å². The molecule has 1 aromatic rings. The fraction of sp³-hybridized carbons (Fsp3) is 0.600. The Bertz CT molecular complexity index is 400. The summed E-state index contributed by atoms with van der Waals surface area (Å²) in [7, 11) is 3.83. The average Bonchev–Trinajstić information content (AvgIpc) is 2.50. The van der Waals surface area contributed by atoms with Crippen LogP contribution in [0.15, 0.2) is 12.1 Å². The van der Waals surface area contributed by atoms with Gasteiger partial charge in [0.25, 0.3) is 0 Å². The smallest absolute Gasteiger partial charge is 0.122 e. The lowest BCUT2D eigenvalue weighted by Crippen LogP contribution is -2.19. The van der Waals surface area contributed by atoms with E-state index >= 15 is 0 Å². The van der Waals surface area contributed by atoms with E-state index in [4.69, 9.17) is 4.74 Å². The number of ether oxygens (including phenoxy) is 1. The summed E-state index contributed by atoms with van der Waals surface area (Å²) in [5, 5.41) is 3.47. The second kappa shape index (κ2) is 5.09. The highest BCUT2D eigenvalue weighted by Crippen LogP contribution is 2.38. The van der Waals surface area contributed by atoms with Gasteiger partial charge in [0, 0.05) is 6.04 Å². The first kappa shape index (κ1) is 12.4. The summed E-state index contributed by atoms with van der Waals surface area (Å²) >= 11 is 0. The zero-order valence-electron chi connectivity index (χ0n) is 11.3. The molecular formula is C15H23NO. The summed E-state index contributed by atoms with van der Waals surface area (Å²) in [6.45, 7) is 4.55. The molecule has 0 radical (unpaired) electrons. The van der Waals surface area contributed by atoms with Crippen LogP contribution in [0.3, 0.4) is 0 Å². The van der Waals surface area contributed by atoms with Gasteiger partial charge in [-0.05, 0) is 61.9 Å². The summed E-state index contributed by atoms with van der Waals surface area (Å²) in [6.07, 6.45) is 3.61. The average molecular weight is 233 g/mol. The third kappa shape index (κ3) is 2.32. The Labute approximate surface area is 104 Å². The minimum atomic E-state index is 0.470. The van der Waals surface area contributed by atoms with Crippen molar-refractivity contribution in [2.45, 2.75) is 39.2 Å². The van der Waals surface area contributed by atoms with Crippen molar-refractivity contribution in [1.29, 1.82) is 0 Å². The number of nitrogens with one attached hydrogen (secondary N) is 1. The van der Waals surface area contributed by atoms with Crippen LogP contribution >= 0.6 is 0 Å². The number of benzene rings is 1. The van der Waals surface area contributed by atoms with E-state index in [2.05, 4.69) is 38.3 Å². The van der Waals surface area contributed by atoms with Crippen molar-refractivity contribution < 1.29 is 4.74 Å². The molecule has 0 amide bonds. The van der Waals surface area contributed by atoms with Gasteiger partial charge in [0.1, 0.15) is 5.75 Å². The molecular weight excluding hydrogens is 210 g/mol. The molecule has 2 nitrogen and oxygen atoms in total. The van der Waals surface area contributed by atoms with Gasteiger partial charge in [-0.2, -0.15) is 0 Å². The van der Waals surface area contributed by atoms with E-state index in [0.29, 0.717) is 6.04 Å². The van der Waals surface area contributed by atoms with E-state index in [1.807, 2.05) is 0 Å². The quantitative estimate of drug-likeness (QED) is 0.792. The van der Waals surface area contributed by atoms with E-state index in [1.165, 1.54) is 29.5 Å². The summed E-state index contributed by atoms with van der Waals surface area (Å²) in [5.41, 5.74) is 4.27. The molecule has 0 saturated heterocycles. The van der Waals surface area contributed by atoms with Gasteiger partial charge >= 0.3 is 0 Å². The standard InChI is InChI=1S/C15H23NO/c1-10-5-7-12-14(17-4)8-6-11(2)15(12)13(9-10)16-3/h6,8,10,13,16H,5,7,9H2,1-4H3. The first-order valence-corrected chi connectivity index (χ1v) is 6.51. The van der Waals surface area contributed by atoms with Gasteiger partial charge in [-0.3, -0.25) is 0 Å². The van der Waals surface area contributed by atoms with Crippen LogP contribution < -0.4 is 10.1 Å². The Balaban J connectivity index is 2.53. The summed E-state index contributed by atoms with van der Waals surface area (Å²) < 4.78 is 5.52. The molecule has 1 aliphatic carbocycles. The summed E-state index contributed by atoms with van der Waals surface area (Å²) in [4.78, 5) is 0. The molecule has 2 rings (SSSR count). The first-order chi connectivity index (χ1) is 8.17. The van der Waals surface area contributed by atoms with Crippen molar-refractivity contribution in [3.8, 4) is 5.75 Å². The second-order valence-corrected chi connectivity index (χ2v) is 5.20. The monoisotopic (exact) mass is 233 g/mol. The van der Waals surface area contributed by atoms with Crippen LogP contribution in [0.2, 0.25) is 0 Å². The predicted molar refractivity (Wildman–Crippen MR) is 71.6 cm³/mol. The van der Waals surface area contributed by atoms with Crippen LogP contribution in [0.25, 0.3) is 0 Å². The minimum absolute atomic E-state index is 0.470. The second-order valence-electron chi connectivity index (χ2n) is 5.20. The number of hydrogen-bond acceptors (Lipinski definition) is 2. The van der Waals surface area contributed by atoms with Crippen molar-refractivity contribution in [2.75, 3.05) is 14.2 Å². The van der Waals surface area contributed by atoms with Gasteiger partial charge in [-0.1, -0.05) is 13.0 Å². The minimum Gasteiger partial charge on any atom is -0.496 e. The van der Waals surface area contributed by atoms with Crippen molar-refractivity contribution >= 4 is 0 Å². The molecule has 1 aliphatic rings. The van der Waals surface area contributed by atoms with Crippen LogP contribution in [0.5, 0.6) is 5.75 Å². The number of hydrogen-bond donors (Lipinski definition) is 1. The van der Waals surface area contributed by atoms with E-state index < -0.39 is 0 Å². The van der Waals surface area contributed by atoms with Crippen LogP contribution in [0, 0.1) is 12.8 Å². The molecule has 2 unspecified atom stereocenters. The number of rotatable bonds is 2. The number of methoxy groups -OCH3 is 1. The summed E-state index contributed by atoms with van der Waals surface area (Å²) in [6, 6.07) is 4.76. The largest absolute Gasteiger partial charge is 0.496 e. The SMILES string of the molecule is CNC1CC(C)CCc2c(OC)ccc(C)c21. The van der Waals surface area contributed by atoms with Crippen molar-refractivity contribution in [3.63, 3.8) is 0 Å². The van der Waals surface area contributed by atoms with Crippen LogP contribution in [-0.4, -0.2) is 14.2 Å². The maximum absolute atomic E-state index is 5.52. The molecule has 0 aliphatic heterocycles. The topological polar surface area (TPSA) is 21.3 Å². The highest BCUT2D eigenvalue weighted by atomic mass is 16.5. The Morgan fingerprint density at radius 3 is 2.76 bits per heavy atom. The Morgan fingerprint density at radius 1 is 1.35 bits per heavy atom. The van der Waals surface area contributed by atoms with Crippen molar-refractivity contribution in [3.05, 3.63) is 28.8 Å². The third-order valence-electron chi connectivity index (χ3n) is 3.97. The van der Waals surface area contributed by atoms with Gasteiger partial charge in [0.05, 0.1) is 7.11 Å². The molecule has 17 heavy (non-hydrogen) atoms. The zero-order chi connectivity index (χ0) is 12.4. The number of aryl methyl sites for hydroxylation is 1. The zero-order valence-corrected chi connectivity index (χ0v) is 11.3. The fourth-order valence-electron chi connectivity index (χ4n) is 2.99. The van der Waals surface area contributed by atoms with E-state index in [0.717, 1.165) is 18.1 Å². The normalized spacial score (nSPS) is 24.0. The van der Waals surface area contributed by atoms with Crippen molar-refractivity contribution in [2.24, 2.45) is 5.92 Å². The Hall–Kier alpha value is -1.02. The van der Waals surface area contributed by atoms with Gasteiger partial charge in [0.15, 0.2) is 0 Å². The maximum atomic E-state index is 5.52. The molecule has 2 atom stereocenters. The first-order valence-electron chi connectivity index (χ1n) is 6.51. The summed E-state index contributed by atoms with van der Waals surface area (Å²) in [5.74, 6) is 1.82. The maximum Gasteiger partial charge on any atom is 0.122 e. The van der Waals surface area contributed by atoms with Crippen LogP contribution in [0.1, 0.15) is 42.5 Å². The van der Waals surface area contributed by atoms with Gasteiger partial charge < -0.3 is 10.1 Å². The fourth-order valence-corrected chi connectivity index (χ4v) is 2.99. The van der Waals surface area contributed by atoms with E-state index in [-0.39, 0.29) is 0 Å². The van der Waals surface area contributed by atoms with Gasteiger partial charge in [-0.25, -0.2) is 0 Å². The van der Waals surface area contributed by atoms with Crippen LogP contribution in [-0.2, 0) is 6.42 Å². The molecule has 1 N–H and O–H groups in total. The van der Waals surface area contributed by atoms with Gasteiger partial charge in [-0.15, -0.1) is 0 Å². The predicted octanol–water partition coefficient (Wildman–Crippen LogP) is 3.24. The molecule has 2 heteroatoms. The molecule has 94 valence electrons. The molecule has 0 bridgehead atoms. The van der Waals surface area contributed by atoms with E-state index in [1.54, 1.807) is 7.11 Å². The Kier molecular flexibility index (Phi) is 3.72. The molecule has 0 aromatic heterocycles. The molecule has 0 spiro atoms. The lowest BCUT2D eigenvalue weighted by Gasteiger charge is -2.22. The molecule has 0 saturated carbocycles. The third-order valence-corrected chi connectivity index (χ3v) is 3.97. The highest BCUT2D eigenvalue weighted by Gasteiger charge is 2.24.